The van der Waals surface area contributed by atoms with Crippen LogP contribution in [0.3, 0.4) is 0 Å². The van der Waals surface area contributed by atoms with Gasteiger partial charge in [-0.05, 0) is 54.9 Å². The van der Waals surface area contributed by atoms with Gasteiger partial charge in [0.05, 0.1) is 0 Å². The molecule has 1 aromatic rings. The van der Waals surface area contributed by atoms with Gasteiger partial charge in [0.1, 0.15) is 0 Å². The van der Waals surface area contributed by atoms with Crippen molar-refractivity contribution in [3.63, 3.8) is 0 Å². The molecule has 0 heterocycles. The lowest BCUT2D eigenvalue weighted by Gasteiger charge is -2.38. The van der Waals surface area contributed by atoms with Crippen LogP contribution < -0.4 is 5.32 Å². The molecule has 1 fully saturated rings. The Kier molecular flexibility index (Phi) is 4.55. The van der Waals surface area contributed by atoms with Crippen LogP contribution in [-0.2, 0) is 0 Å². The predicted molar refractivity (Wildman–Crippen MR) is 80.2 cm³/mol. The van der Waals surface area contributed by atoms with Crippen LogP contribution in [-0.4, -0.2) is 6.04 Å². The number of anilines is 1. The van der Waals surface area contributed by atoms with Gasteiger partial charge in [0.2, 0.25) is 0 Å². The SMILES string of the molecule is CC1CCC(C(C)C)C(Nc2ccc(Cl)cc2)C1. The van der Waals surface area contributed by atoms with E-state index in [-0.39, 0.29) is 0 Å². The van der Waals surface area contributed by atoms with Crippen LogP contribution in [0.25, 0.3) is 0 Å². The zero-order chi connectivity index (χ0) is 13.1. The average Bonchev–Trinajstić information content (AvgIpc) is 2.32. The first-order valence-corrected chi connectivity index (χ1v) is 7.46. The van der Waals surface area contributed by atoms with Crippen LogP contribution in [0.4, 0.5) is 5.69 Å². The number of halogens is 1. The van der Waals surface area contributed by atoms with Crippen molar-refractivity contribution in [3.8, 4) is 0 Å². The molecule has 18 heavy (non-hydrogen) atoms. The second-order valence-electron chi connectivity index (χ2n) is 6.08. The van der Waals surface area contributed by atoms with E-state index in [2.05, 4.69) is 38.2 Å². The van der Waals surface area contributed by atoms with Crippen LogP contribution in [0.15, 0.2) is 24.3 Å². The van der Waals surface area contributed by atoms with Crippen molar-refractivity contribution in [2.45, 2.75) is 46.1 Å². The summed E-state index contributed by atoms with van der Waals surface area (Å²) in [5, 5.41) is 4.51. The van der Waals surface area contributed by atoms with Crippen LogP contribution in [0.1, 0.15) is 40.0 Å². The van der Waals surface area contributed by atoms with Crippen LogP contribution in [0, 0.1) is 17.8 Å². The van der Waals surface area contributed by atoms with Crippen molar-refractivity contribution in [3.05, 3.63) is 29.3 Å². The van der Waals surface area contributed by atoms with Gasteiger partial charge in [-0.15, -0.1) is 0 Å². The van der Waals surface area contributed by atoms with E-state index in [0.717, 1.165) is 22.8 Å². The lowest BCUT2D eigenvalue weighted by atomic mass is 9.74. The molecule has 1 N–H and O–H groups in total. The molecule has 1 aliphatic rings. The van der Waals surface area contributed by atoms with Crippen molar-refractivity contribution < 1.29 is 0 Å². The molecule has 0 spiro atoms. The molecule has 1 nitrogen and oxygen atoms in total. The molecule has 0 aromatic heterocycles. The number of hydrogen-bond acceptors (Lipinski definition) is 1. The van der Waals surface area contributed by atoms with E-state index in [1.165, 1.54) is 24.9 Å². The molecule has 0 amide bonds. The van der Waals surface area contributed by atoms with E-state index >= 15 is 0 Å². The Hall–Kier alpha value is -0.690. The molecule has 3 atom stereocenters. The van der Waals surface area contributed by atoms with E-state index in [0.29, 0.717) is 6.04 Å². The fourth-order valence-corrected chi connectivity index (χ4v) is 3.25. The molecule has 100 valence electrons. The third-order valence-electron chi connectivity index (χ3n) is 4.22. The summed E-state index contributed by atoms with van der Waals surface area (Å²) in [5.41, 5.74) is 1.20. The number of rotatable bonds is 3. The molecule has 0 aliphatic heterocycles. The molecular formula is C16H24ClN. The third kappa shape index (κ3) is 3.41. The van der Waals surface area contributed by atoms with E-state index < -0.39 is 0 Å². The Morgan fingerprint density at radius 1 is 1.17 bits per heavy atom. The molecule has 1 aliphatic carbocycles. The van der Waals surface area contributed by atoms with Crippen molar-refractivity contribution in [2.75, 3.05) is 5.32 Å². The van der Waals surface area contributed by atoms with Crippen molar-refractivity contribution >= 4 is 17.3 Å². The molecule has 2 heteroatoms. The van der Waals surface area contributed by atoms with Crippen LogP contribution in [0.2, 0.25) is 5.02 Å². The third-order valence-corrected chi connectivity index (χ3v) is 4.47. The summed E-state index contributed by atoms with van der Waals surface area (Å²) < 4.78 is 0. The van der Waals surface area contributed by atoms with Gasteiger partial charge in [-0.1, -0.05) is 38.8 Å². The van der Waals surface area contributed by atoms with Gasteiger partial charge >= 0.3 is 0 Å². The van der Waals surface area contributed by atoms with E-state index in [9.17, 15) is 0 Å². The molecule has 0 saturated heterocycles. The normalized spacial score (nSPS) is 28.4. The molecule has 1 aromatic carbocycles. The highest BCUT2D eigenvalue weighted by Crippen LogP contribution is 2.35. The molecule has 2 rings (SSSR count). The summed E-state index contributed by atoms with van der Waals surface area (Å²) >= 11 is 5.93. The smallest absolute Gasteiger partial charge is 0.0407 e. The van der Waals surface area contributed by atoms with Gasteiger partial charge in [0.25, 0.3) is 0 Å². The monoisotopic (exact) mass is 265 g/mol. The first kappa shape index (κ1) is 13.7. The molecular weight excluding hydrogens is 242 g/mol. The fraction of sp³-hybridized carbons (Fsp3) is 0.625. The maximum atomic E-state index is 5.93. The predicted octanol–water partition coefficient (Wildman–Crippen LogP) is 5.21. The largest absolute Gasteiger partial charge is 0.382 e. The van der Waals surface area contributed by atoms with E-state index in [4.69, 9.17) is 11.6 Å². The van der Waals surface area contributed by atoms with Crippen molar-refractivity contribution in [1.82, 2.24) is 0 Å². The van der Waals surface area contributed by atoms with Gasteiger partial charge in [-0.2, -0.15) is 0 Å². The second-order valence-corrected chi connectivity index (χ2v) is 6.52. The minimum Gasteiger partial charge on any atom is -0.382 e. The Morgan fingerprint density at radius 2 is 1.83 bits per heavy atom. The first-order chi connectivity index (χ1) is 8.56. The summed E-state index contributed by atoms with van der Waals surface area (Å²) in [5.74, 6) is 2.38. The Bertz CT molecular complexity index is 371. The van der Waals surface area contributed by atoms with Crippen molar-refractivity contribution in [1.29, 1.82) is 0 Å². The molecule has 0 bridgehead atoms. The number of nitrogens with one attached hydrogen (secondary N) is 1. The summed E-state index contributed by atoms with van der Waals surface area (Å²) in [6.07, 6.45) is 4.01. The van der Waals surface area contributed by atoms with E-state index in [1.807, 2.05) is 12.1 Å². The maximum Gasteiger partial charge on any atom is 0.0407 e. The Balaban J connectivity index is 2.06. The molecule has 1 saturated carbocycles. The quantitative estimate of drug-likeness (QED) is 0.791. The average molecular weight is 266 g/mol. The first-order valence-electron chi connectivity index (χ1n) is 7.08. The summed E-state index contributed by atoms with van der Waals surface area (Å²) in [4.78, 5) is 0. The van der Waals surface area contributed by atoms with Crippen molar-refractivity contribution in [2.24, 2.45) is 17.8 Å². The number of benzene rings is 1. The van der Waals surface area contributed by atoms with Gasteiger partial charge in [0, 0.05) is 16.8 Å². The topological polar surface area (TPSA) is 12.0 Å². The van der Waals surface area contributed by atoms with Crippen LogP contribution >= 0.6 is 11.6 Å². The highest BCUT2D eigenvalue weighted by Gasteiger charge is 2.30. The minimum atomic E-state index is 0.606. The zero-order valence-electron chi connectivity index (χ0n) is 11.6. The molecule has 3 unspecified atom stereocenters. The fourth-order valence-electron chi connectivity index (χ4n) is 3.13. The zero-order valence-corrected chi connectivity index (χ0v) is 12.4. The van der Waals surface area contributed by atoms with Gasteiger partial charge in [-0.25, -0.2) is 0 Å². The number of hydrogen-bond donors (Lipinski definition) is 1. The lowest BCUT2D eigenvalue weighted by Crippen LogP contribution is -2.37. The van der Waals surface area contributed by atoms with Gasteiger partial charge in [0.15, 0.2) is 0 Å². The van der Waals surface area contributed by atoms with E-state index in [1.54, 1.807) is 0 Å². The maximum absolute atomic E-state index is 5.93. The van der Waals surface area contributed by atoms with Crippen LogP contribution in [0.5, 0.6) is 0 Å². The summed E-state index contributed by atoms with van der Waals surface area (Å²) in [6.45, 7) is 7.06. The lowest BCUT2D eigenvalue weighted by molar-refractivity contribution is 0.212. The minimum absolute atomic E-state index is 0.606. The second kappa shape index (κ2) is 5.97. The van der Waals surface area contributed by atoms with Gasteiger partial charge < -0.3 is 5.32 Å². The summed E-state index contributed by atoms with van der Waals surface area (Å²) in [7, 11) is 0. The highest BCUT2D eigenvalue weighted by molar-refractivity contribution is 6.30. The van der Waals surface area contributed by atoms with Gasteiger partial charge in [-0.3, -0.25) is 0 Å². The Morgan fingerprint density at radius 3 is 2.44 bits per heavy atom. The highest BCUT2D eigenvalue weighted by atomic mass is 35.5. The summed E-state index contributed by atoms with van der Waals surface area (Å²) in [6, 6.07) is 8.69. The standard InChI is InChI=1S/C16H24ClN/c1-11(2)15-9-4-12(3)10-16(15)18-14-7-5-13(17)6-8-14/h5-8,11-12,15-16,18H,4,9-10H2,1-3H3. The molecule has 0 radical (unpaired) electrons. The Labute approximate surface area is 116 Å².